The number of ether oxygens (including phenoxy) is 1. The largest absolute Gasteiger partial charge is 0.456 e. The highest BCUT2D eigenvalue weighted by Gasteiger charge is 2.20. The number of imidazole rings is 1. The predicted molar refractivity (Wildman–Crippen MR) is 111 cm³/mol. The van der Waals surface area contributed by atoms with E-state index in [0.29, 0.717) is 11.3 Å². The molecular formula is C21H19N3O4S. The van der Waals surface area contributed by atoms with Gasteiger partial charge in [-0.3, -0.25) is 14.4 Å². The fourth-order valence-electron chi connectivity index (χ4n) is 3.35. The molecule has 3 aromatic rings. The molecule has 7 nitrogen and oxygen atoms in total. The Morgan fingerprint density at radius 1 is 1.24 bits per heavy atom. The van der Waals surface area contributed by atoms with Gasteiger partial charge in [-0.1, -0.05) is 12.1 Å². The summed E-state index contributed by atoms with van der Waals surface area (Å²) in [5.41, 5.74) is 3.59. The number of hydrogen-bond acceptors (Lipinski definition) is 6. The van der Waals surface area contributed by atoms with Gasteiger partial charge in [0.25, 0.3) is 0 Å². The third-order valence-corrected chi connectivity index (χ3v) is 5.26. The lowest BCUT2D eigenvalue weighted by Crippen LogP contribution is -2.19. The van der Waals surface area contributed by atoms with Crippen LogP contribution in [-0.4, -0.2) is 40.1 Å². The molecule has 4 rings (SSSR count). The van der Waals surface area contributed by atoms with Gasteiger partial charge in [-0.25, -0.2) is 4.98 Å². The summed E-state index contributed by atoms with van der Waals surface area (Å²) >= 11 is 1.62. The summed E-state index contributed by atoms with van der Waals surface area (Å²) in [6.45, 7) is -0.351. The standard InChI is InChI=1S/C21H19N3O4S/c1-29-12-19-22-16-4-2-3-5-17(16)24(19)10-21(27)28-11-18(25)13-6-7-15-14(8-13)9-20(26)23-15/h2-8H,9-12H2,1H3,(H,23,26). The van der Waals surface area contributed by atoms with E-state index in [2.05, 4.69) is 10.3 Å². The summed E-state index contributed by atoms with van der Waals surface area (Å²) in [6.07, 6.45) is 2.22. The molecule has 1 N–H and O–H groups in total. The number of rotatable bonds is 7. The zero-order valence-corrected chi connectivity index (χ0v) is 16.6. The Bertz CT molecular complexity index is 1120. The lowest BCUT2D eigenvalue weighted by Gasteiger charge is -2.09. The van der Waals surface area contributed by atoms with E-state index >= 15 is 0 Å². The number of para-hydroxylation sites is 2. The van der Waals surface area contributed by atoms with Gasteiger partial charge in [0, 0.05) is 11.3 Å². The van der Waals surface area contributed by atoms with Crippen LogP contribution in [0.4, 0.5) is 5.69 Å². The first kappa shape index (κ1) is 19.2. The third-order valence-electron chi connectivity index (χ3n) is 4.71. The van der Waals surface area contributed by atoms with E-state index in [-0.39, 0.29) is 31.3 Å². The van der Waals surface area contributed by atoms with Gasteiger partial charge < -0.3 is 14.6 Å². The molecule has 2 heterocycles. The molecule has 29 heavy (non-hydrogen) atoms. The van der Waals surface area contributed by atoms with E-state index in [1.54, 1.807) is 30.0 Å². The zero-order valence-electron chi connectivity index (χ0n) is 15.8. The number of carbonyl (C=O) groups excluding carboxylic acids is 3. The number of esters is 1. The molecule has 0 saturated heterocycles. The van der Waals surface area contributed by atoms with Crippen LogP contribution in [0.3, 0.4) is 0 Å². The van der Waals surface area contributed by atoms with Crippen molar-refractivity contribution in [2.75, 3.05) is 18.2 Å². The van der Waals surface area contributed by atoms with Crippen molar-refractivity contribution in [1.29, 1.82) is 0 Å². The van der Waals surface area contributed by atoms with Crippen LogP contribution in [0.5, 0.6) is 0 Å². The lowest BCUT2D eigenvalue weighted by atomic mass is 10.1. The number of anilines is 1. The number of thioether (sulfide) groups is 1. The summed E-state index contributed by atoms with van der Waals surface area (Å²) in [4.78, 5) is 40.8. The first-order chi connectivity index (χ1) is 14.0. The molecule has 0 fully saturated rings. The number of hydrogen-bond donors (Lipinski definition) is 1. The fourth-order valence-corrected chi connectivity index (χ4v) is 3.83. The van der Waals surface area contributed by atoms with Crippen LogP contribution in [-0.2, 0) is 33.0 Å². The van der Waals surface area contributed by atoms with Gasteiger partial charge in [0.1, 0.15) is 12.4 Å². The quantitative estimate of drug-likeness (QED) is 0.477. The molecule has 2 aromatic carbocycles. The van der Waals surface area contributed by atoms with E-state index in [1.807, 2.05) is 35.1 Å². The number of carbonyl (C=O) groups is 3. The average Bonchev–Trinajstić information content (AvgIpc) is 3.25. The van der Waals surface area contributed by atoms with Crippen molar-refractivity contribution >= 4 is 46.1 Å². The molecular weight excluding hydrogens is 390 g/mol. The first-order valence-electron chi connectivity index (χ1n) is 9.10. The van der Waals surface area contributed by atoms with Crippen LogP contribution in [0, 0.1) is 0 Å². The highest BCUT2D eigenvalue weighted by Crippen LogP contribution is 2.24. The van der Waals surface area contributed by atoms with E-state index in [0.717, 1.165) is 28.1 Å². The van der Waals surface area contributed by atoms with Gasteiger partial charge in [-0.2, -0.15) is 11.8 Å². The minimum atomic E-state index is -0.498. The van der Waals surface area contributed by atoms with Crippen molar-refractivity contribution in [2.45, 2.75) is 18.7 Å². The normalized spacial score (nSPS) is 12.7. The van der Waals surface area contributed by atoms with Gasteiger partial charge in [-0.05, 0) is 42.2 Å². The maximum atomic E-state index is 12.4. The molecule has 0 bridgehead atoms. The number of ketones is 1. The highest BCUT2D eigenvalue weighted by atomic mass is 32.2. The molecule has 0 unspecified atom stereocenters. The lowest BCUT2D eigenvalue weighted by molar-refractivity contribution is -0.143. The van der Waals surface area contributed by atoms with Crippen molar-refractivity contribution in [3.8, 4) is 0 Å². The van der Waals surface area contributed by atoms with E-state index in [9.17, 15) is 14.4 Å². The van der Waals surface area contributed by atoms with Gasteiger partial charge in [-0.15, -0.1) is 0 Å². The van der Waals surface area contributed by atoms with Gasteiger partial charge in [0.2, 0.25) is 5.91 Å². The van der Waals surface area contributed by atoms with Crippen LogP contribution in [0.1, 0.15) is 21.7 Å². The number of aromatic nitrogens is 2. The first-order valence-corrected chi connectivity index (χ1v) is 10.5. The zero-order chi connectivity index (χ0) is 20.4. The summed E-state index contributed by atoms with van der Waals surface area (Å²) in [5, 5.41) is 2.72. The second-order valence-corrected chi connectivity index (χ2v) is 7.58. The summed E-state index contributed by atoms with van der Waals surface area (Å²) in [6, 6.07) is 12.6. The number of amides is 1. The van der Waals surface area contributed by atoms with E-state index < -0.39 is 5.97 Å². The number of fused-ring (bicyclic) bond motifs is 2. The van der Waals surface area contributed by atoms with Crippen molar-refractivity contribution in [3.63, 3.8) is 0 Å². The topological polar surface area (TPSA) is 90.3 Å². The van der Waals surface area contributed by atoms with Gasteiger partial charge >= 0.3 is 5.97 Å². The van der Waals surface area contributed by atoms with Crippen LogP contribution in [0.2, 0.25) is 0 Å². The smallest absolute Gasteiger partial charge is 0.326 e. The Hall–Kier alpha value is -3.13. The Kier molecular flexibility index (Phi) is 5.35. The second kappa shape index (κ2) is 8.08. The van der Waals surface area contributed by atoms with Crippen LogP contribution in [0.25, 0.3) is 11.0 Å². The molecule has 1 amide bonds. The number of nitrogens with zero attached hydrogens (tertiary/aromatic N) is 2. The molecule has 0 aliphatic carbocycles. The third kappa shape index (κ3) is 4.02. The van der Waals surface area contributed by atoms with Crippen LogP contribution in [0.15, 0.2) is 42.5 Å². The molecule has 0 atom stereocenters. The molecule has 148 valence electrons. The van der Waals surface area contributed by atoms with Crippen molar-refractivity contribution in [2.24, 2.45) is 0 Å². The summed E-state index contributed by atoms with van der Waals surface area (Å²) in [7, 11) is 0. The average molecular weight is 409 g/mol. The van der Waals surface area contributed by atoms with Gasteiger partial charge in [0.05, 0.1) is 23.2 Å². The van der Waals surface area contributed by atoms with Gasteiger partial charge in [0.15, 0.2) is 12.4 Å². The highest BCUT2D eigenvalue weighted by molar-refractivity contribution is 7.97. The number of benzene rings is 2. The Morgan fingerprint density at radius 2 is 2.07 bits per heavy atom. The van der Waals surface area contributed by atoms with Crippen LogP contribution < -0.4 is 5.32 Å². The monoisotopic (exact) mass is 409 g/mol. The molecule has 1 aromatic heterocycles. The number of Topliss-reactive ketones (excluding diaryl/α,β-unsaturated/α-hetero) is 1. The molecule has 0 spiro atoms. The van der Waals surface area contributed by atoms with Crippen LogP contribution >= 0.6 is 11.8 Å². The minimum Gasteiger partial charge on any atom is -0.456 e. The number of nitrogens with one attached hydrogen (secondary N) is 1. The van der Waals surface area contributed by atoms with Crippen molar-refractivity contribution in [1.82, 2.24) is 9.55 Å². The van der Waals surface area contributed by atoms with Crippen molar-refractivity contribution in [3.05, 3.63) is 59.4 Å². The molecule has 0 saturated carbocycles. The molecule has 0 radical (unpaired) electrons. The summed E-state index contributed by atoms with van der Waals surface area (Å²) in [5.74, 6) is 0.563. The Labute approximate surface area is 171 Å². The SMILES string of the molecule is CSCc1nc2ccccc2n1CC(=O)OCC(=O)c1ccc2c(c1)CC(=O)N2. The van der Waals surface area contributed by atoms with E-state index in [4.69, 9.17) is 4.74 Å². The Balaban J connectivity index is 1.42. The minimum absolute atomic E-state index is 0.00764. The van der Waals surface area contributed by atoms with Crippen molar-refractivity contribution < 1.29 is 19.1 Å². The molecule has 1 aliphatic heterocycles. The maximum Gasteiger partial charge on any atom is 0.326 e. The maximum absolute atomic E-state index is 12.4. The Morgan fingerprint density at radius 3 is 2.90 bits per heavy atom. The predicted octanol–water partition coefficient (Wildman–Crippen LogP) is 2.82. The van der Waals surface area contributed by atoms with E-state index in [1.165, 1.54) is 0 Å². The fraction of sp³-hybridized carbons (Fsp3) is 0.238. The second-order valence-electron chi connectivity index (χ2n) is 6.72. The summed E-state index contributed by atoms with van der Waals surface area (Å²) < 4.78 is 7.05. The molecule has 8 heteroatoms. The molecule has 1 aliphatic rings.